The topological polar surface area (TPSA) is 47.2 Å². The summed E-state index contributed by atoms with van der Waals surface area (Å²) in [6.07, 6.45) is 1.65. The number of benzene rings is 2. The first-order valence-electron chi connectivity index (χ1n) is 6.43. The molecule has 0 spiro atoms. The van der Waals surface area contributed by atoms with Crippen LogP contribution in [0.3, 0.4) is 0 Å². The third-order valence-electron chi connectivity index (χ3n) is 3.11. The van der Waals surface area contributed by atoms with Gasteiger partial charge in [0, 0.05) is 4.47 Å². The summed E-state index contributed by atoms with van der Waals surface area (Å²) in [4.78, 5) is 16.8. The van der Waals surface area contributed by atoms with Gasteiger partial charge in [0.2, 0.25) is 0 Å². The van der Waals surface area contributed by atoms with E-state index in [-0.39, 0.29) is 5.56 Å². The number of aryl methyl sites for hydroxylation is 1. The first kappa shape index (κ1) is 13.7. The van der Waals surface area contributed by atoms with Gasteiger partial charge in [-0.1, -0.05) is 40.2 Å². The molecule has 0 bridgehead atoms. The van der Waals surface area contributed by atoms with Crippen molar-refractivity contribution in [3.63, 3.8) is 0 Å². The van der Waals surface area contributed by atoms with Gasteiger partial charge in [0.05, 0.1) is 17.1 Å². The molecule has 0 amide bonds. The van der Waals surface area contributed by atoms with E-state index in [4.69, 9.17) is 0 Å². The van der Waals surface area contributed by atoms with Crippen LogP contribution in [0.2, 0.25) is 0 Å². The van der Waals surface area contributed by atoms with Crippen LogP contribution in [0.25, 0.3) is 10.9 Å². The molecule has 0 fully saturated rings. The number of nitrogens with zero attached hydrogens (tertiary/aromatic N) is 3. The van der Waals surface area contributed by atoms with Crippen LogP contribution in [-0.2, 0) is 0 Å². The predicted molar refractivity (Wildman–Crippen MR) is 87.9 cm³/mol. The summed E-state index contributed by atoms with van der Waals surface area (Å²) in [6.45, 7) is 1.77. The van der Waals surface area contributed by atoms with E-state index >= 15 is 0 Å². The maximum Gasteiger partial charge on any atom is 0.282 e. The summed E-state index contributed by atoms with van der Waals surface area (Å²) in [7, 11) is 0. The standard InChI is InChI=1S/C16H12BrN3O/c1-11-19-15-5-3-2-4-14(15)16(21)20(11)18-10-12-6-8-13(17)9-7-12/h2-10H,1H3. The van der Waals surface area contributed by atoms with Gasteiger partial charge in [0.1, 0.15) is 5.82 Å². The maximum atomic E-state index is 12.4. The third kappa shape index (κ3) is 2.78. The van der Waals surface area contributed by atoms with E-state index < -0.39 is 0 Å². The molecule has 3 aromatic rings. The first-order chi connectivity index (χ1) is 10.1. The molecule has 2 aromatic carbocycles. The molecule has 0 saturated carbocycles. The Morgan fingerprint density at radius 3 is 2.62 bits per heavy atom. The second kappa shape index (κ2) is 5.61. The summed E-state index contributed by atoms with van der Waals surface area (Å²) in [5.41, 5.74) is 1.44. The molecule has 1 aromatic heterocycles. The molecule has 0 atom stereocenters. The third-order valence-corrected chi connectivity index (χ3v) is 3.64. The van der Waals surface area contributed by atoms with Gasteiger partial charge in [0.25, 0.3) is 5.56 Å². The Bertz CT molecular complexity index is 882. The molecule has 1 heterocycles. The Kier molecular flexibility index (Phi) is 3.66. The molecule has 0 N–H and O–H groups in total. The minimum atomic E-state index is -0.161. The van der Waals surface area contributed by atoms with Gasteiger partial charge in [-0.3, -0.25) is 4.79 Å². The highest BCUT2D eigenvalue weighted by molar-refractivity contribution is 9.10. The normalized spacial score (nSPS) is 11.3. The number of hydrogen-bond donors (Lipinski definition) is 0. The van der Waals surface area contributed by atoms with Crippen molar-refractivity contribution in [3.8, 4) is 0 Å². The van der Waals surface area contributed by atoms with Crippen LogP contribution >= 0.6 is 15.9 Å². The van der Waals surface area contributed by atoms with Crippen molar-refractivity contribution in [3.05, 3.63) is 74.7 Å². The van der Waals surface area contributed by atoms with E-state index in [1.807, 2.05) is 42.5 Å². The van der Waals surface area contributed by atoms with Crippen molar-refractivity contribution < 1.29 is 0 Å². The average Bonchev–Trinajstić information content (AvgIpc) is 2.49. The van der Waals surface area contributed by atoms with Crippen LogP contribution in [0.5, 0.6) is 0 Å². The van der Waals surface area contributed by atoms with Gasteiger partial charge in [-0.05, 0) is 36.8 Å². The molecule has 0 radical (unpaired) electrons. The molecule has 0 aliphatic rings. The summed E-state index contributed by atoms with van der Waals surface area (Å²) in [5, 5.41) is 4.82. The van der Waals surface area contributed by atoms with Crippen LogP contribution < -0.4 is 5.56 Å². The second-order valence-corrected chi connectivity index (χ2v) is 5.50. The van der Waals surface area contributed by atoms with Crippen LogP contribution in [0, 0.1) is 6.92 Å². The number of hydrogen-bond acceptors (Lipinski definition) is 3. The lowest BCUT2D eigenvalue weighted by atomic mass is 10.2. The van der Waals surface area contributed by atoms with Gasteiger partial charge < -0.3 is 0 Å². The van der Waals surface area contributed by atoms with Crippen LogP contribution in [0.15, 0.2) is 62.9 Å². The molecule has 0 aliphatic carbocycles. The molecule has 0 saturated heterocycles. The predicted octanol–water partition coefficient (Wildman–Crippen LogP) is 3.35. The highest BCUT2D eigenvalue weighted by atomic mass is 79.9. The minimum absolute atomic E-state index is 0.161. The molecule has 0 unspecified atom stereocenters. The smallest absolute Gasteiger partial charge is 0.267 e. The highest BCUT2D eigenvalue weighted by Gasteiger charge is 2.05. The monoisotopic (exact) mass is 341 g/mol. The SMILES string of the molecule is Cc1nc2ccccc2c(=O)n1N=Cc1ccc(Br)cc1. The van der Waals surface area contributed by atoms with E-state index in [0.717, 1.165) is 10.0 Å². The Hall–Kier alpha value is -2.27. The largest absolute Gasteiger partial charge is 0.282 e. The highest BCUT2D eigenvalue weighted by Crippen LogP contribution is 2.10. The van der Waals surface area contributed by atoms with Gasteiger partial charge in [0.15, 0.2) is 0 Å². The zero-order valence-corrected chi connectivity index (χ0v) is 12.9. The number of aromatic nitrogens is 2. The molecule has 3 rings (SSSR count). The molecular weight excluding hydrogens is 330 g/mol. The van der Waals surface area contributed by atoms with Crippen molar-refractivity contribution in [2.75, 3.05) is 0 Å². The fourth-order valence-corrected chi connectivity index (χ4v) is 2.31. The molecule has 5 heteroatoms. The second-order valence-electron chi connectivity index (χ2n) is 4.59. The number of halogens is 1. The number of rotatable bonds is 2. The molecular formula is C16H12BrN3O. The van der Waals surface area contributed by atoms with E-state index in [0.29, 0.717) is 16.7 Å². The number of para-hydroxylation sites is 1. The van der Waals surface area contributed by atoms with Gasteiger partial charge in [-0.15, -0.1) is 0 Å². The quantitative estimate of drug-likeness (QED) is 0.671. The van der Waals surface area contributed by atoms with Gasteiger partial charge in [-0.2, -0.15) is 9.78 Å². The molecule has 0 aliphatic heterocycles. The van der Waals surface area contributed by atoms with Crippen LogP contribution in [-0.4, -0.2) is 15.9 Å². The zero-order chi connectivity index (χ0) is 14.8. The summed E-state index contributed by atoms with van der Waals surface area (Å²) in [5.74, 6) is 0.562. The first-order valence-corrected chi connectivity index (χ1v) is 7.23. The van der Waals surface area contributed by atoms with Crippen molar-refractivity contribution in [1.82, 2.24) is 9.66 Å². The van der Waals surface area contributed by atoms with Gasteiger partial charge in [-0.25, -0.2) is 4.98 Å². The van der Waals surface area contributed by atoms with Crippen LogP contribution in [0.1, 0.15) is 11.4 Å². The summed E-state index contributed by atoms with van der Waals surface area (Å²) >= 11 is 3.38. The summed E-state index contributed by atoms with van der Waals surface area (Å²) in [6, 6.07) is 15.0. The van der Waals surface area contributed by atoms with Gasteiger partial charge >= 0.3 is 0 Å². The van der Waals surface area contributed by atoms with E-state index in [1.54, 1.807) is 19.2 Å². The fourth-order valence-electron chi connectivity index (χ4n) is 2.04. The van der Waals surface area contributed by atoms with Crippen molar-refractivity contribution in [1.29, 1.82) is 0 Å². The molecule has 104 valence electrons. The minimum Gasteiger partial charge on any atom is -0.267 e. The lowest BCUT2D eigenvalue weighted by Gasteiger charge is -2.05. The van der Waals surface area contributed by atoms with Crippen molar-refractivity contribution >= 4 is 33.0 Å². The zero-order valence-electron chi connectivity index (χ0n) is 11.3. The number of fused-ring (bicyclic) bond motifs is 1. The molecule has 21 heavy (non-hydrogen) atoms. The van der Waals surface area contributed by atoms with Crippen molar-refractivity contribution in [2.45, 2.75) is 6.92 Å². The lowest BCUT2D eigenvalue weighted by Crippen LogP contribution is -2.20. The van der Waals surface area contributed by atoms with E-state index in [1.165, 1.54) is 4.68 Å². The Balaban J connectivity index is 2.08. The summed E-state index contributed by atoms with van der Waals surface area (Å²) < 4.78 is 2.32. The van der Waals surface area contributed by atoms with E-state index in [9.17, 15) is 4.79 Å². The Labute approximate surface area is 129 Å². The van der Waals surface area contributed by atoms with E-state index in [2.05, 4.69) is 26.0 Å². The van der Waals surface area contributed by atoms with Crippen molar-refractivity contribution in [2.24, 2.45) is 5.10 Å². The molecule has 4 nitrogen and oxygen atoms in total. The fraction of sp³-hybridized carbons (Fsp3) is 0.0625. The Morgan fingerprint density at radius 1 is 1.14 bits per heavy atom. The maximum absolute atomic E-state index is 12.4. The average molecular weight is 342 g/mol. The lowest BCUT2D eigenvalue weighted by molar-refractivity contribution is 0.771. The van der Waals surface area contributed by atoms with Crippen LogP contribution in [0.4, 0.5) is 0 Å². The Morgan fingerprint density at radius 2 is 1.86 bits per heavy atom.